The van der Waals surface area contributed by atoms with Crippen molar-refractivity contribution in [2.24, 2.45) is 0 Å². The number of aliphatic hydroxyl groups excluding tert-OH is 1. The summed E-state index contributed by atoms with van der Waals surface area (Å²) in [6.45, 7) is 0.769. The van der Waals surface area contributed by atoms with Crippen molar-refractivity contribution in [2.45, 2.75) is 18.5 Å². The van der Waals surface area contributed by atoms with Gasteiger partial charge in [-0.1, -0.05) is 36.4 Å². The minimum atomic E-state index is -0.114. The van der Waals surface area contributed by atoms with Gasteiger partial charge in [-0.15, -0.1) is 0 Å². The molecule has 1 aromatic carbocycles. The van der Waals surface area contributed by atoms with Crippen molar-refractivity contribution < 1.29 is 9.52 Å². The minimum Gasteiger partial charge on any atom is -0.459 e. The third kappa shape index (κ3) is 3.59. The number of nitrogens with zero attached hydrogens (tertiary/aromatic N) is 2. The fourth-order valence-electron chi connectivity index (χ4n) is 3.47. The van der Waals surface area contributed by atoms with Gasteiger partial charge < -0.3 is 19.7 Å². The highest BCUT2D eigenvalue weighted by molar-refractivity contribution is 7.80. The molecule has 0 radical (unpaired) electrons. The predicted octanol–water partition coefficient (Wildman–Crippen LogP) is 3.70. The third-order valence-corrected chi connectivity index (χ3v) is 5.08. The molecular formula is C21H21N3O2S. The lowest BCUT2D eigenvalue weighted by Crippen LogP contribution is -2.30. The SMILES string of the molecule is OCCCN1C(=S)N[C@H](c2ccccn2)[C@@H]1c1ccc(-c2ccccc2)o1. The molecule has 2 aromatic heterocycles. The highest BCUT2D eigenvalue weighted by Crippen LogP contribution is 2.40. The zero-order chi connectivity index (χ0) is 18.6. The number of rotatable bonds is 6. The number of furan rings is 1. The minimum absolute atomic E-state index is 0.104. The van der Waals surface area contributed by atoms with E-state index in [1.807, 2.05) is 60.7 Å². The van der Waals surface area contributed by atoms with Gasteiger partial charge in [-0.2, -0.15) is 0 Å². The van der Waals surface area contributed by atoms with Crippen LogP contribution < -0.4 is 5.32 Å². The number of pyridine rings is 1. The molecule has 6 heteroatoms. The van der Waals surface area contributed by atoms with Crippen molar-refractivity contribution >= 4 is 17.3 Å². The molecule has 0 spiro atoms. The maximum absolute atomic E-state index is 9.28. The van der Waals surface area contributed by atoms with Crippen LogP contribution in [0.1, 0.15) is 30.0 Å². The summed E-state index contributed by atoms with van der Waals surface area (Å²) in [5.41, 5.74) is 1.95. The Bertz CT molecular complexity index is 898. The first kappa shape index (κ1) is 17.7. The average molecular weight is 379 g/mol. The Morgan fingerprint density at radius 3 is 2.63 bits per heavy atom. The van der Waals surface area contributed by atoms with Crippen molar-refractivity contribution in [3.63, 3.8) is 0 Å². The smallest absolute Gasteiger partial charge is 0.170 e. The van der Waals surface area contributed by atoms with Crippen LogP contribution in [-0.2, 0) is 0 Å². The maximum atomic E-state index is 9.28. The van der Waals surface area contributed by atoms with Gasteiger partial charge in [-0.3, -0.25) is 4.98 Å². The molecule has 1 saturated heterocycles. The second-order valence-corrected chi connectivity index (χ2v) is 6.85. The zero-order valence-electron chi connectivity index (χ0n) is 14.8. The second-order valence-electron chi connectivity index (χ2n) is 6.47. The molecule has 3 heterocycles. The first-order valence-electron chi connectivity index (χ1n) is 9.02. The molecule has 4 rings (SSSR count). The van der Waals surface area contributed by atoms with Crippen molar-refractivity contribution in [1.82, 2.24) is 15.2 Å². The van der Waals surface area contributed by atoms with Gasteiger partial charge >= 0.3 is 0 Å². The van der Waals surface area contributed by atoms with Gasteiger partial charge in [-0.25, -0.2) is 0 Å². The normalized spacial score (nSPS) is 19.3. The fraction of sp³-hybridized carbons (Fsp3) is 0.238. The molecule has 1 aliphatic heterocycles. The monoisotopic (exact) mass is 379 g/mol. The van der Waals surface area contributed by atoms with Crippen LogP contribution in [0.3, 0.4) is 0 Å². The zero-order valence-corrected chi connectivity index (χ0v) is 15.6. The molecule has 0 aliphatic carbocycles. The molecule has 3 aromatic rings. The molecule has 27 heavy (non-hydrogen) atoms. The molecule has 5 nitrogen and oxygen atoms in total. The van der Waals surface area contributed by atoms with E-state index in [0.717, 1.165) is 22.8 Å². The summed E-state index contributed by atoms with van der Waals surface area (Å²) in [6, 6.07) is 19.7. The predicted molar refractivity (Wildman–Crippen MR) is 108 cm³/mol. The van der Waals surface area contributed by atoms with Crippen LogP contribution in [-0.4, -0.2) is 33.3 Å². The largest absolute Gasteiger partial charge is 0.459 e. The lowest BCUT2D eigenvalue weighted by atomic mass is 10.0. The summed E-state index contributed by atoms with van der Waals surface area (Å²) in [5.74, 6) is 1.65. The summed E-state index contributed by atoms with van der Waals surface area (Å²) >= 11 is 5.57. The molecule has 2 N–H and O–H groups in total. The molecule has 0 bridgehead atoms. The lowest BCUT2D eigenvalue weighted by molar-refractivity contribution is 0.233. The van der Waals surface area contributed by atoms with Crippen LogP contribution in [0.15, 0.2) is 71.3 Å². The van der Waals surface area contributed by atoms with Gasteiger partial charge in [0.15, 0.2) is 5.11 Å². The van der Waals surface area contributed by atoms with E-state index in [0.29, 0.717) is 18.1 Å². The average Bonchev–Trinajstić information content (AvgIpc) is 3.32. The number of thiocarbonyl (C=S) groups is 1. The van der Waals surface area contributed by atoms with Crippen LogP contribution in [0, 0.1) is 0 Å². The van der Waals surface area contributed by atoms with Crippen molar-refractivity contribution in [1.29, 1.82) is 0 Å². The van der Waals surface area contributed by atoms with E-state index in [4.69, 9.17) is 16.6 Å². The Balaban J connectivity index is 1.70. The van der Waals surface area contributed by atoms with Crippen molar-refractivity contribution in [3.05, 3.63) is 78.3 Å². The van der Waals surface area contributed by atoms with E-state index in [9.17, 15) is 5.11 Å². The Morgan fingerprint density at radius 2 is 1.89 bits per heavy atom. The van der Waals surface area contributed by atoms with Gasteiger partial charge in [-0.05, 0) is 42.9 Å². The molecule has 0 saturated carbocycles. The molecule has 0 unspecified atom stereocenters. The topological polar surface area (TPSA) is 61.5 Å². The van der Waals surface area contributed by atoms with Gasteiger partial charge in [0, 0.05) is 24.9 Å². The quantitative estimate of drug-likeness (QED) is 0.637. The van der Waals surface area contributed by atoms with Gasteiger partial charge in [0.2, 0.25) is 0 Å². The highest BCUT2D eigenvalue weighted by atomic mass is 32.1. The molecule has 2 atom stereocenters. The van der Waals surface area contributed by atoms with Crippen molar-refractivity contribution in [3.8, 4) is 11.3 Å². The fourth-order valence-corrected chi connectivity index (χ4v) is 3.80. The van der Waals surface area contributed by atoms with Crippen LogP contribution >= 0.6 is 12.2 Å². The Labute approximate surface area is 163 Å². The molecular weight excluding hydrogens is 358 g/mol. The standard InChI is InChI=1S/C21H21N3O2S/c25-14-6-13-24-20(19(23-21(24)27)16-9-4-5-12-22-16)18-11-10-17(26-18)15-7-2-1-3-8-15/h1-5,7-12,19-20,25H,6,13-14H2,(H,23,27)/t19-,20+/m1/s1. The maximum Gasteiger partial charge on any atom is 0.170 e. The van der Waals surface area contributed by atoms with E-state index < -0.39 is 0 Å². The van der Waals surface area contributed by atoms with Gasteiger partial charge in [0.25, 0.3) is 0 Å². The first-order chi connectivity index (χ1) is 13.3. The summed E-state index contributed by atoms with van der Waals surface area (Å²) in [7, 11) is 0. The van der Waals surface area contributed by atoms with Gasteiger partial charge in [0.1, 0.15) is 17.6 Å². The summed E-state index contributed by atoms with van der Waals surface area (Å²) in [5, 5.41) is 13.3. The summed E-state index contributed by atoms with van der Waals surface area (Å²) in [6.07, 6.45) is 2.42. The van der Waals surface area contributed by atoms with Crippen LogP contribution in [0.5, 0.6) is 0 Å². The second kappa shape index (κ2) is 7.90. The van der Waals surface area contributed by atoms with Gasteiger partial charge in [0.05, 0.1) is 11.7 Å². The molecule has 1 aliphatic rings. The molecule has 138 valence electrons. The van der Waals surface area contributed by atoms with Crippen LogP contribution in [0.2, 0.25) is 0 Å². The number of aromatic nitrogens is 1. The Morgan fingerprint density at radius 1 is 1.07 bits per heavy atom. The van der Waals surface area contributed by atoms with E-state index in [1.165, 1.54) is 0 Å². The Kier molecular flexibility index (Phi) is 5.18. The van der Waals surface area contributed by atoms with Crippen LogP contribution in [0.4, 0.5) is 0 Å². The lowest BCUT2D eigenvalue weighted by Gasteiger charge is -2.25. The number of hydrogen-bond donors (Lipinski definition) is 2. The highest BCUT2D eigenvalue weighted by Gasteiger charge is 2.41. The first-order valence-corrected chi connectivity index (χ1v) is 9.43. The van der Waals surface area contributed by atoms with Crippen molar-refractivity contribution in [2.75, 3.05) is 13.2 Å². The molecule has 0 amide bonds. The van der Waals surface area contributed by atoms with E-state index in [2.05, 4.69) is 15.2 Å². The molecule has 1 fully saturated rings. The Hall–Kier alpha value is -2.70. The third-order valence-electron chi connectivity index (χ3n) is 4.73. The summed E-state index contributed by atoms with van der Waals surface area (Å²) < 4.78 is 6.23. The summed E-state index contributed by atoms with van der Waals surface area (Å²) in [4.78, 5) is 6.59. The van der Waals surface area contributed by atoms with E-state index in [-0.39, 0.29) is 18.7 Å². The van der Waals surface area contributed by atoms with Crippen LogP contribution in [0.25, 0.3) is 11.3 Å². The number of aliphatic hydroxyl groups is 1. The number of benzene rings is 1. The van der Waals surface area contributed by atoms with E-state index in [1.54, 1.807) is 6.20 Å². The number of nitrogens with one attached hydrogen (secondary N) is 1. The number of hydrogen-bond acceptors (Lipinski definition) is 4. The van der Waals surface area contributed by atoms with E-state index >= 15 is 0 Å².